The van der Waals surface area contributed by atoms with Gasteiger partial charge >= 0.3 is 0 Å². The zero-order chi connectivity index (χ0) is 21.9. The van der Waals surface area contributed by atoms with Crippen molar-refractivity contribution in [3.8, 4) is 16.9 Å². The number of anilines is 1. The van der Waals surface area contributed by atoms with Gasteiger partial charge in [0.2, 0.25) is 5.95 Å². The van der Waals surface area contributed by atoms with Crippen LogP contribution in [0.4, 0.5) is 5.95 Å². The van der Waals surface area contributed by atoms with E-state index in [9.17, 15) is 5.11 Å². The molecule has 160 valence electrons. The highest BCUT2D eigenvalue weighted by molar-refractivity contribution is 6.38. The Bertz CT molecular complexity index is 1310. The molecular weight excluding hydrogens is 412 g/mol. The van der Waals surface area contributed by atoms with Crippen LogP contribution in [0.3, 0.4) is 0 Å². The molecular formula is C23H25ClN6O. The zero-order valence-corrected chi connectivity index (χ0v) is 18.8. The van der Waals surface area contributed by atoms with Gasteiger partial charge in [-0.1, -0.05) is 17.7 Å². The average Bonchev–Trinajstić information content (AvgIpc) is 3.11. The van der Waals surface area contributed by atoms with E-state index in [0.717, 1.165) is 46.0 Å². The summed E-state index contributed by atoms with van der Waals surface area (Å²) in [5.41, 5.74) is 3.74. The van der Waals surface area contributed by atoms with E-state index < -0.39 is 0 Å². The first-order valence-corrected chi connectivity index (χ1v) is 10.8. The van der Waals surface area contributed by atoms with Crippen LogP contribution in [0, 0.1) is 6.92 Å². The van der Waals surface area contributed by atoms with Gasteiger partial charge in [-0.15, -0.1) is 0 Å². The highest BCUT2D eigenvalue weighted by atomic mass is 35.5. The molecule has 2 N–H and O–H groups in total. The predicted molar refractivity (Wildman–Crippen MR) is 125 cm³/mol. The summed E-state index contributed by atoms with van der Waals surface area (Å²) in [5.74, 6) is 0.903. The van der Waals surface area contributed by atoms with Crippen LogP contribution in [-0.4, -0.2) is 50.0 Å². The maximum absolute atomic E-state index is 10.9. The summed E-state index contributed by atoms with van der Waals surface area (Å²) in [4.78, 5) is 11.6. The van der Waals surface area contributed by atoms with Crippen molar-refractivity contribution in [2.24, 2.45) is 7.05 Å². The lowest BCUT2D eigenvalue weighted by Crippen LogP contribution is -2.54. The van der Waals surface area contributed by atoms with Crippen LogP contribution in [0.15, 0.2) is 30.6 Å². The number of aromatic hydroxyl groups is 1. The summed E-state index contributed by atoms with van der Waals surface area (Å²) >= 11 is 6.81. The summed E-state index contributed by atoms with van der Waals surface area (Å²) in [6.07, 6.45) is 3.72. The molecule has 2 aromatic carbocycles. The molecule has 3 heterocycles. The van der Waals surface area contributed by atoms with E-state index in [0.29, 0.717) is 28.6 Å². The number of nitrogens with zero attached hydrogens (tertiary/aromatic N) is 5. The van der Waals surface area contributed by atoms with E-state index in [1.54, 1.807) is 10.9 Å². The Kier molecular flexibility index (Phi) is 4.75. The molecule has 1 aliphatic rings. The largest absolute Gasteiger partial charge is 0.507 e. The van der Waals surface area contributed by atoms with Crippen LogP contribution in [0.25, 0.3) is 32.9 Å². The molecule has 1 fully saturated rings. The first-order chi connectivity index (χ1) is 14.8. The molecule has 1 saturated heterocycles. The van der Waals surface area contributed by atoms with E-state index in [1.807, 2.05) is 38.4 Å². The number of piperazine rings is 1. The maximum atomic E-state index is 10.9. The van der Waals surface area contributed by atoms with Crippen molar-refractivity contribution < 1.29 is 5.11 Å². The number of fused-ring (bicyclic) bond motifs is 2. The second-order valence-corrected chi connectivity index (χ2v) is 8.92. The molecule has 31 heavy (non-hydrogen) atoms. The van der Waals surface area contributed by atoms with Crippen LogP contribution >= 0.6 is 11.6 Å². The zero-order valence-electron chi connectivity index (χ0n) is 18.0. The highest BCUT2D eigenvalue weighted by Crippen LogP contribution is 2.41. The Morgan fingerprint density at radius 1 is 1.16 bits per heavy atom. The van der Waals surface area contributed by atoms with Crippen LogP contribution in [0.5, 0.6) is 5.75 Å². The van der Waals surface area contributed by atoms with Gasteiger partial charge in [0.1, 0.15) is 5.75 Å². The maximum Gasteiger partial charge on any atom is 0.225 e. The number of rotatable bonds is 2. The normalized spacial score (nSPS) is 19.5. The lowest BCUT2D eigenvalue weighted by molar-refractivity contribution is 0.403. The van der Waals surface area contributed by atoms with E-state index >= 15 is 0 Å². The van der Waals surface area contributed by atoms with E-state index in [2.05, 4.69) is 34.1 Å². The third-order valence-electron chi connectivity index (χ3n) is 5.94. The standard InChI is InChI=1S/C23H25ClN6O/c1-12-9-30(10-13(2)26-12)23-25-8-18-19(27-23)6-5-16(20(18)24)17-7-15-11-29(4)28-21(15)14(3)22(17)31/h5-8,11-13,26,31H,9-10H2,1-4H3. The second kappa shape index (κ2) is 7.35. The number of aryl methyl sites for hydroxylation is 2. The SMILES string of the molecule is Cc1c(O)c(-c2ccc3nc(N4CC(C)NC(C)C4)ncc3c2Cl)cc2cn(C)nc12. The summed E-state index contributed by atoms with van der Waals surface area (Å²) in [7, 11) is 1.87. The van der Waals surface area contributed by atoms with Crippen molar-refractivity contribution >= 4 is 39.4 Å². The van der Waals surface area contributed by atoms with Crippen molar-refractivity contribution in [2.45, 2.75) is 32.9 Å². The molecule has 0 spiro atoms. The minimum atomic E-state index is 0.189. The van der Waals surface area contributed by atoms with Gasteiger partial charge in [-0.05, 0) is 32.9 Å². The van der Waals surface area contributed by atoms with Gasteiger partial charge in [-0.3, -0.25) is 4.68 Å². The van der Waals surface area contributed by atoms with Crippen molar-refractivity contribution in [1.29, 1.82) is 0 Å². The predicted octanol–water partition coefficient (Wildman–Crippen LogP) is 4.04. The molecule has 0 radical (unpaired) electrons. The molecule has 2 unspecified atom stereocenters. The minimum absolute atomic E-state index is 0.189. The molecule has 2 aromatic heterocycles. The summed E-state index contributed by atoms with van der Waals surface area (Å²) in [6, 6.07) is 6.54. The van der Waals surface area contributed by atoms with Crippen LogP contribution in [0.2, 0.25) is 5.02 Å². The van der Waals surface area contributed by atoms with Crippen molar-refractivity contribution in [3.05, 3.63) is 41.2 Å². The van der Waals surface area contributed by atoms with Crippen molar-refractivity contribution in [1.82, 2.24) is 25.1 Å². The van der Waals surface area contributed by atoms with Gasteiger partial charge < -0.3 is 15.3 Å². The molecule has 8 heteroatoms. The van der Waals surface area contributed by atoms with E-state index in [4.69, 9.17) is 16.6 Å². The molecule has 0 aliphatic carbocycles. The molecule has 7 nitrogen and oxygen atoms in total. The molecule has 4 aromatic rings. The number of phenols is 1. The summed E-state index contributed by atoms with van der Waals surface area (Å²) < 4.78 is 1.75. The molecule has 1 aliphatic heterocycles. The number of hydrogen-bond donors (Lipinski definition) is 2. The summed E-state index contributed by atoms with van der Waals surface area (Å²) in [5, 5.41) is 21.1. The van der Waals surface area contributed by atoms with Crippen LogP contribution in [-0.2, 0) is 7.05 Å². The van der Waals surface area contributed by atoms with Gasteiger partial charge in [-0.2, -0.15) is 5.10 Å². The van der Waals surface area contributed by atoms with Gasteiger partial charge in [0.05, 0.1) is 16.1 Å². The van der Waals surface area contributed by atoms with E-state index in [1.165, 1.54) is 0 Å². The minimum Gasteiger partial charge on any atom is -0.507 e. The number of halogens is 1. The molecule has 0 bridgehead atoms. The molecule has 5 rings (SSSR count). The fourth-order valence-corrected chi connectivity index (χ4v) is 4.87. The van der Waals surface area contributed by atoms with Crippen molar-refractivity contribution in [2.75, 3.05) is 18.0 Å². The van der Waals surface area contributed by atoms with Gasteiger partial charge in [0.15, 0.2) is 0 Å². The fraction of sp³-hybridized carbons (Fsp3) is 0.348. The Balaban J connectivity index is 1.60. The number of nitrogens with one attached hydrogen (secondary N) is 1. The number of phenolic OH excluding ortho intramolecular Hbond substituents is 1. The monoisotopic (exact) mass is 436 g/mol. The Hall–Kier alpha value is -2.90. The smallest absolute Gasteiger partial charge is 0.225 e. The van der Waals surface area contributed by atoms with Gasteiger partial charge in [-0.25, -0.2) is 9.97 Å². The van der Waals surface area contributed by atoms with Gasteiger partial charge in [0, 0.05) is 72.1 Å². The lowest BCUT2D eigenvalue weighted by Gasteiger charge is -2.36. The first-order valence-electron chi connectivity index (χ1n) is 10.4. The molecule has 2 atom stereocenters. The van der Waals surface area contributed by atoms with E-state index in [-0.39, 0.29) is 5.75 Å². The average molecular weight is 437 g/mol. The third-order valence-corrected chi connectivity index (χ3v) is 6.35. The number of hydrogen-bond acceptors (Lipinski definition) is 6. The Morgan fingerprint density at radius 3 is 2.65 bits per heavy atom. The molecule has 0 saturated carbocycles. The quantitative estimate of drug-likeness (QED) is 0.493. The number of benzene rings is 2. The highest BCUT2D eigenvalue weighted by Gasteiger charge is 2.23. The second-order valence-electron chi connectivity index (χ2n) is 8.54. The Morgan fingerprint density at radius 2 is 1.90 bits per heavy atom. The van der Waals surface area contributed by atoms with Crippen LogP contribution in [0.1, 0.15) is 19.4 Å². The fourth-order valence-electron chi connectivity index (χ4n) is 4.56. The van der Waals surface area contributed by atoms with Crippen LogP contribution < -0.4 is 10.2 Å². The Labute approximate surface area is 185 Å². The topological polar surface area (TPSA) is 79.1 Å². The molecule has 0 amide bonds. The lowest BCUT2D eigenvalue weighted by atomic mass is 9.98. The van der Waals surface area contributed by atoms with Gasteiger partial charge in [0.25, 0.3) is 0 Å². The first kappa shape index (κ1) is 20.0. The third kappa shape index (κ3) is 3.38. The number of aromatic nitrogens is 4. The summed E-state index contributed by atoms with van der Waals surface area (Å²) in [6.45, 7) is 7.93. The van der Waals surface area contributed by atoms with Crippen molar-refractivity contribution in [3.63, 3.8) is 0 Å².